The Kier molecular flexibility index (Phi) is 3.98. The standard InChI is InChI=1S/C9H14N4O3/c1-3-12(4-2)8(14)6-13-5-7(9(15)16)10-11-13/h5H,3-4,6H2,1-2H3,(H,15,16). The molecule has 0 aliphatic heterocycles. The highest BCUT2D eigenvalue weighted by molar-refractivity contribution is 5.84. The Morgan fingerprint density at radius 3 is 2.50 bits per heavy atom. The number of likely N-dealkylation sites (N-methyl/N-ethyl adjacent to an activating group) is 1. The van der Waals surface area contributed by atoms with Gasteiger partial charge in [0, 0.05) is 13.1 Å². The molecule has 88 valence electrons. The summed E-state index contributed by atoms with van der Waals surface area (Å²) in [6, 6.07) is 0. The Hall–Kier alpha value is -1.92. The van der Waals surface area contributed by atoms with Gasteiger partial charge >= 0.3 is 5.97 Å². The van der Waals surface area contributed by atoms with Gasteiger partial charge in [-0.2, -0.15) is 0 Å². The number of hydrogen-bond donors (Lipinski definition) is 1. The van der Waals surface area contributed by atoms with Gasteiger partial charge in [0.15, 0.2) is 5.69 Å². The molecule has 0 fully saturated rings. The number of amides is 1. The van der Waals surface area contributed by atoms with Gasteiger partial charge in [-0.1, -0.05) is 5.21 Å². The smallest absolute Gasteiger partial charge is 0.358 e. The van der Waals surface area contributed by atoms with Gasteiger partial charge in [0.05, 0.1) is 6.20 Å². The summed E-state index contributed by atoms with van der Waals surface area (Å²) in [6.07, 6.45) is 1.24. The summed E-state index contributed by atoms with van der Waals surface area (Å²) in [7, 11) is 0. The van der Waals surface area contributed by atoms with Crippen LogP contribution in [0.15, 0.2) is 6.20 Å². The molecule has 0 unspecified atom stereocenters. The molecule has 0 radical (unpaired) electrons. The second kappa shape index (κ2) is 5.24. The molecule has 1 rings (SSSR count). The molecule has 7 nitrogen and oxygen atoms in total. The fraction of sp³-hybridized carbons (Fsp3) is 0.556. The highest BCUT2D eigenvalue weighted by atomic mass is 16.4. The van der Waals surface area contributed by atoms with Gasteiger partial charge in [-0.05, 0) is 13.8 Å². The third-order valence-corrected chi connectivity index (χ3v) is 2.17. The number of carbonyl (C=O) groups excluding carboxylic acids is 1. The Morgan fingerprint density at radius 1 is 1.44 bits per heavy atom. The summed E-state index contributed by atoms with van der Waals surface area (Å²) in [4.78, 5) is 23.8. The van der Waals surface area contributed by atoms with E-state index in [1.807, 2.05) is 13.8 Å². The molecule has 0 saturated heterocycles. The second-order valence-corrected chi connectivity index (χ2v) is 3.17. The topological polar surface area (TPSA) is 88.3 Å². The van der Waals surface area contributed by atoms with E-state index < -0.39 is 5.97 Å². The Labute approximate surface area is 92.7 Å². The molecule has 0 aliphatic carbocycles. The van der Waals surface area contributed by atoms with E-state index >= 15 is 0 Å². The molecule has 0 saturated carbocycles. The van der Waals surface area contributed by atoms with Gasteiger partial charge in [0.2, 0.25) is 5.91 Å². The maximum Gasteiger partial charge on any atom is 0.358 e. The van der Waals surface area contributed by atoms with Crippen LogP contribution in [0.5, 0.6) is 0 Å². The summed E-state index contributed by atoms with van der Waals surface area (Å²) in [6.45, 7) is 5.02. The average Bonchev–Trinajstić information content (AvgIpc) is 2.68. The lowest BCUT2D eigenvalue weighted by Crippen LogP contribution is -2.33. The van der Waals surface area contributed by atoms with Gasteiger partial charge in [0.25, 0.3) is 0 Å². The molecular formula is C9H14N4O3. The normalized spacial score (nSPS) is 10.1. The summed E-state index contributed by atoms with van der Waals surface area (Å²) in [5, 5.41) is 15.6. The molecule has 0 atom stereocenters. The van der Waals surface area contributed by atoms with Crippen LogP contribution in [0.2, 0.25) is 0 Å². The summed E-state index contributed by atoms with van der Waals surface area (Å²) in [5.74, 6) is -1.26. The summed E-state index contributed by atoms with van der Waals surface area (Å²) >= 11 is 0. The minimum absolute atomic E-state index is 0.0158. The highest BCUT2D eigenvalue weighted by Gasteiger charge is 2.13. The van der Waals surface area contributed by atoms with Crippen LogP contribution in [-0.4, -0.2) is 50.0 Å². The van der Waals surface area contributed by atoms with Crippen molar-refractivity contribution in [1.82, 2.24) is 19.9 Å². The SMILES string of the molecule is CCN(CC)C(=O)Cn1cc(C(=O)O)nn1. The molecule has 1 N–H and O–H groups in total. The summed E-state index contributed by atoms with van der Waals surface area (Å²) < 4.78 is 1.23. The van der Waals surface area contributed by atoms with Crippen LogP contribution in [0.25, 0.3) is 0 Å². The molecule has 16 heavy (non-hydrogen) atoms. The minimum atomic E-state index is -1.15. The predicted molar refractivity (Wildman–Crippen MR) is 54.9 cm³/mol. The fourth-order valence-electron chi connectivity index (χ4n) is 1.29. The maximum absolute atomic E-state index is 11.6. The number of hydrogen-bond acceptors (Lipinski definition) is 4. The number of nitrogens with zero attached hydrogens (tertiary/aromatic N) is 4. The number of aromatic nitrogens is 3. The van der Waals surface area contributed by atoms with Crippen LogP contribution in [0.4, 0.5) is 0 Å². The van der Waals surface area contributed by atoms with Crippen LogP contribution >= 0.6 is 0 Å². The van der Waals surface area contributed by atoms with Crippen molar-refractivity contribution in [2.45, 2.75) is 20.4 Å². The molecule has 0 spiro atoms. The molecule has 1 heterocycles. The fourth-order valence-corrected chi connectivity index (χ4v) is 1.29. The van der Waals surface area contributed by atoms with Crippen molar-refractivity contribution in [3.05, 3.63) is 11.9 Å². The number of carboxylic acid groups (broad SMARTS) is 1. The van der Waals surface area contributed by atoms with Crippen molar-refractivity contribution in [3.63, 3.8) is 0 Å². The lowest BCUT2D eigenvalue weighted by atomic mass is 10.4. The zero-order valence-corrected chi connectivity index (χ0v) is 9.25. The van der Waals surface area contributed by atoms with Crippen LogP contribution < -0.4 is 0 Å². The van der Waals surface area contributed by atoms with E-state index in [9.17, 15) is 9.59 Å². The van der Waals surface area contributed by atoms with E-state index in [1.54, 1.807) is 4.90 Å². The van der Waals surface area contributed by atoms with E-state index in [1.165, 1.54) is 10.9 Å². The highest BCUT2D eigenvalue weighted by Crippen LogP contribution is 1.96. The first-order valence-corrected chi connectivity index (χ1v) is 4.99. The summed E-state index contributed by atoms with van der Waals surface area (Å²) in [5.41, 5.74) is -0.160. The quantitative estimate of drug-likeness (QED) is 0.754. The molecular weight excluding hydrogens is 212 g/mol. The zero-order valence-electron chi connectivity index (χ0n) is 9.25. The van der Waals surface area contributed by atoms with Gasteiger partial charge in [-0.25, -0.2) is 9.48 Å². The van der Waals surface area contributed by atoms with E-state index in [0.29, 0.717) is 13.1 Å². The lowest BCUT2D eigenvalue weighted by Gasteiger charge is -2.17. The number of aromatic carboxylic acids is 1. The Balaban J connectivity index is 2.65. The molecule has 0 aromatic carbocycles. The number of carboxylic acids is 1. The van der Waals surface area contributed by atoms with Crippen LogP contribution in [0.3, 0.4) is 0 Å². The predicted octanol–water partition coefficient (Wildman–Crippen LogP) is -0.155. The number of carbonyl (C=O) groups is 2. The van der Waals surface area contributed by atoms with Crippen LogP contribution in [0, 0.1) is 0 Å². The van der Waals surface area contributed by atoms with Gasteiger partial charge in [-0.3, -0.25) is 4.79 Å². The molecule has 1 aromatic rings. The molecule has 1 amide bonds. The first-order chi connectivity index (χ1) is 7.58. The zero-order chi connectivity index (χ0) is 12.1. The lowest BCUT2D eigenvalue weighted by molar-refractivity contribution is -0.131. The van der Waals surface area contributed by atoms with Gasteiger partial charge < -0.3 is 10.0 Å². The Bertz CT molecular complexity index is 384. The third-order valence-electron chi connectivity index (χ3n) is 2.17. The molecule has 0 aliphatic rings. The largest absolute Gasteiger partial charge is 0.476 e. The van der Waals surface area contributed by atoms with E-state index in [4.69, 9.17) is 5.11 Å². The first kappa shape index (κ1) is 12.2. The van der Waals surface area contributed by atoms with Crippen LogP contribution in [0.1, 0.15) is 24.3 Å². The number of rotatable bonds is 5. The molecule has 1 aromatic heterocycles. The van der Waals surface area contributed by atoms with E-state index in [0.717, 1.165) is 0 Å². The average molecular weight is 226 g/mol. The van der Waals surface area contributed by atoms with Crippen molar-refractivity contribution in [1.29, 1.82) is 0 Å². The third kappa shape index (κ3) is 2.78. The van der Waals surface area contributed by atoms with Crippen molar-refractivity contribution in [2.75, 3.05) is 13.1 Å². The first-order valence-electron chi connectivity index (χ1n) is 4.99. The van der Waals surface area contributed by atoms with E-state index in [-0.39, 0.29) is 18.1 Å². The van der Waals surface area contributed by atoms with Crippen molar-refractivity contribution >= 4 is 11.9 Å². The van der Waals surface area contributed by atoms with Gasteiger partial charge in [0.1, 0.15) is 6.54 Å². The van der Waals surface area contributed by atoms with Crippen molar-refractivity contribution in [2.24, 2.45) is 0 Å². The van der Waals surface area contributed by atoms with E-state index in [2.05, 4.69) is 10.3 Å². The molecule has 7 heteroatoms. The molecule has 0 bridgehead atoms. The minimum Gasteiger partial charge on any atom is -0.476 e. The van der Waals surface area contributed by atoms with Crippen LogP contribution in [-0.2, 0) is 11.3 Å². The van der Waals surface area contributed by atoms with Gasteiger partial charge in [-0.15, -0.1) is 5.10 Å². The second-order valence-electron chi connectivity index (χ2n) is 3.17. The van der Waals surface area contributed by atoms with Crippen molar-refractivity contribution in [3.8, 4) is 0 Å². The Morgan fingerprint density at radius 2 is 2.06 bits per heavy atom. The monoisotopic (exact) mass is 226 g/mol. The maximum atomic E-state index is 11.6. The van der Waals surface area contributed by atoms with Crippen molar-refractivity contribution < 1.29 is 14.7 Å².